The summed E-state index contributed by atoms with van der Waals surface area (Å²) in [7, 11) is 0. The van der Waals surface area contributed by atoms with E-state index in [0.29, 0.717) is 0 Å². The van der Waals surface area contributed by atoms with Gasteiger partial charge in [-0.05, 0) is 36.4 Å². The van der Waals surface area contributed by atoms with Crippen LogP contribution in [0.3, 0.4) is 0 Å². The zero-order valence-electron chi connectivity index (χ0n) is 23.2. The number of hydrogen-bond acceptors (Lipinski definition) is 2. The van der Waals surface area contributed by atoms with Gasteiger partial charge in [-0.3, -0.25) is 4.57 Å². The number of thiazole rings is 1. The molecule has 3 nitrogen and oxygen atoms in total. The summed E-state index contributed by atoms with van der Waals surface area (Å²) in [5, 5.41) is 7.19. The van der Waals surface area contributed by atoms with E-state index < -0.39 is 0 Å². The lowest BCUT2D eigenvalue weighted by atomic mass is 10.1. The van der Waals surface area contributed by atoms with E-state index in [9.17, 15) is 0 Å². The van der Waals surface area contributed by atoms with Gasteiger partial charge in [0.05, 0.1) is 22.1 Å². The molecule has 0 N–H and O–H groups in total. The number of benzene rings is 6. The van der Waals surface area contributed by atoms with Crippen LogP contribution in [-0.4, -0.2) is 14.1 Å². The average molecular weight is 568 g/mol. The van der Waals surface area contributed by atoms with Crippen molar-refractivity contribution in [3.63, 3.8) is 0 Å². The molecule has 0 bridgehead atoms. The van der Waals surface area contributed by atoms with Crippen molar-refractivity contribution in [2.75, 3.05) is 0 Å². The Balaban J connectivity index is 1.43. The maximum atomic E-state index is 5.27. The van der Waals surface area contributed by atoms with E-state index in [1.165, 1.54) is 43.6 Å². The van der Waals surface area contributed by atoms with Crippen LogP contribution < -0.4 is 0 Å². The summed E-state index contributed by atoms with van der Waals surface area (Å²) in [6, 6.07) is 53.9. The van der Waals surface area contributed by atoms with Crippen LogP contribution in [0.25, 0.3) is 76.1 Å². The molecule has 3 heterocycles. The van der Waals surface area contributed by atoms with Gasteiger partial charge >= 0.3 is 0 Å². The Kier molecular flexibility index (Phi) is 5.37. The molecule has 43 heavy (non-hydrogen) atoms. The van der Waals surface area contributed by atoms with Gasteiger partial charge in [0, 0.05) is 38.4 Å². The van der Waals surface area contributed by atoms with Crippen molar-refractivity contribution in [2.45, 2.75) is 0 Å². The first-order valence-electron chi connectivity index (χ1n) is 14.5. The molecule has 9 aromatic rings. The van der Waals surface area contributed by atoms with E-state index in [-0.39, 0.29) is 0 Å². The van der Waals surface area contributed by atoms with Crippen molar-refractivity contribution < 1.29 is 0 Å². The van der Waals surface area contributed by atoms with Crippen molar-refractivity contribution in [2.24, 2.45) is 0 Å². The first-order valence-corrected chi connectivity index (χ1v) is 15.3. The van der Waals surface area contributed by atoms with Crippen molar-refractivity contribution in [1.82, 2.24) is 14.1 Å². The zero-order valence-corrected chi connectivity index (χ0v) is 24.0. The molecule has 0 amide bonds. The van der Waals surface area contributed by atoms with Crippen molar-refractivity contribution in [1.29, 1.82) is 0 Å². The highest BCUT2D eigenvalue weighted by Crippen LogP contribution is 2.45. The molecule has 0 atom stereocenters. The number of aromatic nitrogens is 3. The molecule has 0 aliphatic rings. The van der Waals surface area contributed by atoms with E-state index in [2.05, 4.69) is 161 Å². The summed E-state index contributed by atoms with van der Waals surface area (Å²) in [6.07, 6.45) is 0. The van der Waals surface area contributed by atoms with Crippen LogP contribution >= 0.6 is 11.3 Å². The minimum atomic E-state index is 0.999. The van der Waals surface area contributed by atoms with Gasteiger partial charge in [0.1, 0.15) is 15.7 Å². The van der Waals surface area contributed by atoms with Crippen LogP contribution in [0.4, 0.5) is 0 Å². The molecule has 4 heteroatoms. The SMILES string of the molecule is c1ccc(-c2nc(-c3ccccc3)c(-n3c4ccccc4c4c5c6ccccc6n(-c6ccccc6)c5ccc43)s2)cc1. The number of nitrogens with zero attached hydrogens (tertiary/aromatic N) is 3. The quantitative estimate of drug-likeness (QED) is 0.207. The van der Waals surface area contributed by atoms with Crippen LogP contribution in [-0.2, 0) is 0 Å². The van der Waals surface area contributed by atoms with E-state index in [4.69, 9.17) is 4.98 Å². The Morgan fingerprint density at radius 1 is 0.419 bits per heavy atom. The Labute approximate surface area is 252 Å². The molecule has 0 saturated heterocycles. The lowest BCUT2D eigenvalue weighted by Crippen LogP contribution is -1.95. The van der Waals surface area contributed by atoms with Crippen LogP contribution in [0.5, 0.6) is 0 Å². The fraction of sp³-hybridized carbons (Fsp3) is 0. The number of hydrogen-bond donors (Lipinski definition) is 0. The summed E-state index contributed by atoms with van der Waals surface area (Å²) in [4.78, 5) is 5.27. The lowest BCUT2D eigenvalue weighted by molar-refractivity contribution is 1.18. The third-order valence-corrected chi connectivity index (χ3v) is 9.46. The van der Waals surface area contributed by atoms with Gasteiger partial charge in [-0.25, -0.2) is 4.98 Å². The highest BCUT2D eigenvalue weighted by molar-refractivity contribution is 7.18. The van der Waals surface area contributed by atoms with Crippen LogP contribution in [0.2, 0.25) is 0 Å². The van der Waals surface area contributed by atoms with Gasteiger partial charge in [-0.1, -0.05) is 127 Å². The number of fused-ring (bicyclic) bond motifs is 7. The molecule has 202 valence electrons. The summed E-state index contributed by atoms with van der Waals surface area (Å²) in [6.45, 7) is 0. The molecule has 0 unspecified atom stereocenters. The second kappa shape index (κ2) is 9.55. The third-order valence-electron chi connectivity index (χ3n) is 8.37. The van der Waals surface area contributed by atoms with E-state index >= 15 is 0 Å². The second-order valence-corrected chi connectivity index (χ2v) is 11.8. The molecule has 3 aromatic heterocycles. The minimum Gasteiger partial charge on any atom is -0.309 e. The molecule has 9 rings (SSSR count). The summed E-state index contributed by atoms with van der Waals surface area (Å²) in [5.41, 5.74) is 9.19. The largest absolute Gasteiger partial charge is 0.309 e. The predicted octanol–water partition coefficient (Wildman–Crippen LogP) is 10.7. The topological polar surface area (TPSA) is 22.8 Å². The molecule has 0 saturated carbocycles. The zero-order chi connectivity index (χ0) is 28.3. The Morgan fingerprint density at radius 2 is 0.907 bits per heavy atom. The standard InChI is InChI=1S/C39H25N3S/c1-4-14-26(15-5-1)37-39(43-38(40-37)27-16-6-2-7-17-27)42-32-23-13-11-21-30(32)36-34(42)25-24-33-35(36)29-20-10-12-22-31(29)41(33)28-18-8-3-9-19-28/h1-25H. The van der Waals surface area contributed by atoms with Crippen LogP contribution in [0, 0.1) is 0 Å². The van der Waals surface area contributed by atoms with Crippen molar-refractivity contribution in [3.8, 4) is 32.5 Å². The number of para-hydroxylation sites is 3. The average Bonchev–Trinajstić information content (AvgIpc) is 3.76. The molecule has 0 aliphatic heterocycles. The summed E-state index contributed by atoms with van der Waals surface area (Å²) >= 11 is 1.75. The molecular weight excluding hydrogens is 543 g/mol. The van der Waals surface area contributed by atoms with Gasteiger partial charge in [0.2, 0.25) is 0 Å². The van der Waals surface area contributed by atoms with Crippen molar-refractivity contribution >= 4 is 54.9 Å². The van der Waals surface area contributed by atoms with Gasteiger partial charge in [0.25, 0.3) is 0 Å². The van der Waals surface area contributed by atoms with Crippen LogP contribution in [0.15, 0.2) is 152 Å². The maximum Gasteiger partial charge on any atom is 0.129 e. The van der Waals surface area contributed by atoms with Gasteiger partial charge in [-0.2, -0.15) is 0 Å². The number of rotatable bonds is 4. The van der Waals surface area contributed by atoms with E-state index in [0.717, 1.165) is 32.5 Å². The highest BCUT2D eigenvalue weighted by atomic mass is 32.1. The first-order chi connectivity index (χ1) is 21.4. The minimum absolute atomic E-state index is 0.999. The highest BCUT2D eigenvalue weighted by Gasteiger charge is 2.23. The molecular formula is C39H25N3S. The third kappa shape index (κ3) is 3.64. The molecule has 0 radical (unpaired) electrons. The Morgan fingerprint density at radius 3 is 1.53 bits per heavy atom. The van der Waals surface area contributed by atoms with Crippen molar-refractivity contribution in [3.05, 3.63) is 152 Å². The predicted molar refractivity (Wildman–Crippen MR) is 182 cm³/mol. The van der Waals surface area contributed by atoms with Gasteiger partial charge in [-0.15, -0.1) is 0 Å². The smallest absolute Gasteiger partial charge is 0.129 e. The van der Waals surface area contributed by atoms with Gasteiger partial charge < -0.3 is 4.57 Å². The van der Waals surface area contributed by atoms with Gasteiger partial charge in [0.15, 0.2) is 0 Å². The monoisotopic (exact) mass is 567 g/mol. The normalized spacial score (nSPS) is 11.7. The van der Waals surface area contributed by atoms with Crippen LogP contribution in [0.1, 0.15) is 0 Å². The molecule has 0 spiro atoms. The lowest BCUT2D eigenvalue weighted by Gasteiger charge is -2.09. The molecule has 6 aromatic carbocycles. The molecule has 0 fully saturated rings. The first kappa shape index (κ1) is 24.2. The Bertz CT molecular complexity index is 2430. The van der Waals surface area contributed by atoms with E-state index in [1.54, 1.807) is 11.3 Å². The maximum absolute atomic E-state index is 5.27. The Hall–Kier alpha value is -5.45. The second-order valence-electron chi connectivity index (χ2n) is 10.8. The summed E-state index contributed by atoms with van der Waals surface area (Å²) in [5.74, 6) is 0. The fourth-order valence-corrected chi connectivity index (χ4v) is 7.67. The molecule has 0 aliphatic carbocycles. The summed E-state index contributed by atoms with van der Waals surface area (Å²) < 4.78 is 4.83. The van der Waals surface area contributed by atoms with E-state index in [1.807, 2.05) is 0 Å². The fourth-order valence-electron chi connectivity index (χ4n) is 6.54.